The predicted octanol–water partition coefficient (Wildman–Crippen LogP) is 1.45. The average molecular weight is 269 g/mol. The van der Waals surface area contributed by atoms with Gasteiger partial charge in [0.2, 0.25) is 5.91 Å². The summed E-state index contributed by atoms with van der Waals surface area (Å²) in [6, 6.07) is 5.47. The zero-order valence-electron chi connectivity index (χ0n) is 10.4. The van der Waals surface area contributed by atoms with Crippen molar-refractivity contribution in [1.82, 2.24) is 4.90 Å². The zero-order valence-corrected chi connectivity index (χ0v) is 11.1. The molecule has 5 heteroatoms. The van der Waals surface area contributed by atoms with Crippen molar-refractivity contribution in [3.8, 4) is 5.75 Å². The molecular weight excluding hydrogens is 252 g/mol. The third-order valence-corrected chi connectivity index (χ3v) is 3.53. The van der Waals surface area contributed by atoms with E-state index in [9.17, 15) is 4.79 Å². The molecule has 4 nitrogen and oxygen atoms in total. The fourth-order valence-corrected chi connectivity index (χ4v) is 2.32. The van der Waals surface area contributed by atoms with Gasteiger partial charge in [-0.2, -0.15) is 0 Å². The minimum Gasteiger partial charge on any atom is -0.497 e. The lowest BCUT2D eigenvalue weighted by atomic mass is 10.1. The van der Waals surface area contributed by atoms with Gasteiger partial charge in [0.25, 0.3) is 0 Å². The van der Waals surface area contributed by atoms with E-state index in [1.165, 1.54) is 0 Å². The fourth-order valence-electron chi connectivity index (χ4n) is 2.09. The first-order chi connectivity index (χ1) is 8.60. The van der Waals surface area contributed by atoms with Crippen LogP contribution in [0.5, 0.6) is 5.75 Å². The summed E-state index contributed by atoms with van der Waals surface area (Å²) in [5, 5.41) is 0.561. The molecule has 98 valence electrons. The number of carbonyl (C=O) groups is 1. The van der Waals surface area contributed by atoms with E-state index in [1.807, 2.05) is 12.1 Å². The Morgan fingerprint density at radius 1 is 1.61 bits per heavy atom. The van der Waals surface area contributed by atoms with Crippen LogP contribution in [-0.4, -0.2) is 37.0 Å². The number of nitrogens with zero attached hydrogens (tertiary/aromatic N) is 1. The highest BCUT2D eigenvalue weighted by molar-refractivity contribution is 6.31. The molecule has 0 aromatic heterocycles. The predicted molar refractivity (Wildman–Crippen MR) is 70.9 cm³/mol. The van der Waals surface area contributed by atoms with E-state index in [1.54, 1.807) is 18.1 Å². The van der Waals surface area contributed by atoms with Crippen LogP contribution in [-0.2, 0) is 11.2 Å². The van der Waals surface area contributed by atoms with Crippen molar-refractivity contribution in [2.75, 3.05) is 20.2 Å². The van der Waals surface area contributed by atoms with Gasteiger partial charge in [0.15, 0.2) is 0 Å². The molecule has 2 N–H and O–H groups in total. The second-order valence-corrected chi connectivity index (χ2v) is 4.93. The van der Waals surface area contributed by atoms with Crippen LogP contribution in [0.25, 0.3) is 0 Å². The van der Waals surface area contributed by atoms with E-state index in [0.717, 1.165) is 18.5 Å². The first-order valence-electron chi connectivity index (χ1n) is 5.96. The SMILES string of the molecule is COc1ccc(CC(=O)N2CC[C@@H](N)C2)c(Cl)c1. The van der Waals surface area contributed by atoms with Gasteiger partial charge >= 0.3 is 0 Å². The molecule has 1 aliphatic rings. The Morgan fingerprint density at radius 3 is 2.94 bits per heavy atom. The van der Waals surface area contributed by atoms with Crippen molar-refractivity contribution >= 4 is 17.5 Å². The lowest BCUT2D eigenvalue weighted by Gasteiger charge is -2.16. The Bertz CT molecular complexity index is 451. The van der Waals surface area contributed by atoms with Gasteiger partial charge < -0.3 is 15.4 Å². The van der Waals surface area contributed by atoms with Crippen LogP contribution in [0, 0.1) is 0 Å². The molecule has 0 spiro atoms. The molecule has 0 radical (unpaired) electrons. The van der Waals surface area contributed by atoms with Crippen molar-refractivity contribution in [3.05, 3.63) is 28.8 Å². The van der Waals surface area contributed by atoms with Crippen molar-refractivity contribution in [1.29, 1.82) is 0 Å². The molecule has 1 fully saturated rings. The van der Waals surface area contributed by atoms with Gasteiger partial charge in [-0.1, -0.05) is 17.7 Å². The molecule has 0 aliphatic carbocycles. The van der Waals surface area contributed by atoms with Crippen LogP contribution in [0.2, 0.25) is 5.02 Å². The molecule has 0 bridgehead atoms. The maximum atomic E-state index is 12.0. The Balaban J connectivity index is 2.03. The summed E-state index contributed by atoms with van der Waals surface area (Å²) >= 11 is 6.11. The van der Waals surface area contributed by atoms with Gasteiger partial charge in [-0.05, 0) is 24.1 Å². The number of nitrogens with two attached hydrogens (primary N) is 1. The molecule has 1 heterocycles. The number of hydrogen-bond donors (Lipinski definition) is 1. The normalized spacial score (nSPS) is 19.1. The molecule has 1 aromatic carbocycles. The van der Waals surface area contributed by atoms with Crippen LogP contribution in [0.1, 0.15) is 12.0 Å². The Kier molecular flexibility index (Phi) is 4.09. The number of carbonyl (C=O) groups excluding carboxylic acids is 1. The summed E-state index contributed by atoms with van der Waals surface area (Å²) in [4.78, 5) is 13.8. The van der Waals surface area contributed by atoms with Gasteiger partial charge in [-0.3, -0.25) is 4.79 Å². The Labute approximate surface area is 112 Å². The second-order valence-electron chi connectivity index (χ2n) is 4.52. The number of methoxy groups -OCH3 is 1. The number of amides is 1. The fraction of sp³-hybridized carbons (Fsp3) is 0.462. The van der Waals surface area contributed by atoms with Gasteiger partial charge in [0.1, 0.15) is 5.75 Å². The lowest BCUT2D eigenvalue weighted by Crippen LogP contribution is -2.32. The van der Waals surface area contributed by atoms with E-state index in [0.29, 0.717) is 23.7 Å². The highest BCUT2D eigenvalue weighted by Crippen LogP contribution is 2.23. The van der Waals surface area contributed by atoms with E-state index in [4.69, 9.17) is 22.1 Å². The lowest BCUT2D eigenvalue weighted by molar-refractivity contribution is -0.129. The molecule has 2 rings (SSSR count). The molecular formula is C13H17ClN2O2. The maximum Gasteiger partial charge on any atom is 0.227 e. The van der Waals surface area contributed by atoms with Crippen molar-refractivity contribution in [3.63, 3.8) is 0 Å². The summed E-state index contributed by atoms with van der Waals surface area (Å²) in [5.41, 5.74) is 6.61. The molecule has 0 saturated carbocycles. The maximum absolute atomic E-state index is 12.0. The van der Waals surface area contributed by atoms with E-state index in [2.05, 4.69) is 0 Å². The molecule has 1 atom stereocenters. The first-order valence-corrected chi connectivity index (χ1v) is 6.33. The second kappa shape index (κ2) is 5.59. The minimum absolute atomic E-state index is 0.0787. The number of hydrogen-bond acceptors (Lipinski definition) is 3. The molecule has 1 aromatic rings. The van der Waals surface area contributed by atoms with Crippen LogP contribution >= 0.6 is 11.6 Å². The molecule has 1 amide bonds. The van der Waals surface area contributed by atoms with Crippen LogP contribution in [0.4, 0.5) is 0 Å². The zero-order chi connectivity index (χ0) is 13.1. The summed E-state index contributed by atoms with van der Waals surface area (Å²) in [7, 11) is 1.59. The van der Waals surface area contributed by atoms with E-state index in [-0.39, 0.29) is 11.9 Å². The first kappa shape index (κ1) is 13.2. The average Bonchev–Trinajstić information content (AvgIpc) is 2.78. The topological polar surface area (TPSA) is 55.6 Å². The van der Waals surface area contributed by atoms with Gasteiger partial charge in [0, 0.05) is 24.2 Å². The molecule has 0 unspecified atom stereocenters. The number of likely N-dealkylation sites (tertiary alicyclic amines) is 1. The standard InChI is InChI=1S/C13H17ClN2O2/c1-18-11-3-2-9(12(14)7-11)6-13(17)16-5-4-10(15)8-16/h2-3,7,10H,4-6,8,15H2,1H3/t10-/m1/s1. The summed E-state index contributed by atoms with van der Waals surface area (Å²) in [6.07, 6.45) is 1.19. The largest absolute Gasteiger partial charge is 0.497 e. The number of rotatable bonds is 3. The minimum atomic E-state index is 0.0787. The van der Waals surface area contributed by atoms with Crippen molar-refractivity contribution < 1.29 is 9.53 Å². The monoisotopic (exact) mass is 268 g/mol. The quantitative estimate of drug-likeness (QED) is 0.903. The van der Waals surface area contributed by atoms with Crippen molar-refractivity contribution in [2.24, 2.45) is 5.73 Å². The number of benzene rings is 1. The van der Waals surface area contributed by atoms with Crippen molar-refractivity contribution in [2.45, 2.75) is 18.9 Å². The Hall–Kier alpha value is -1.26. The summed E-state index contributed by atoms with van der Waals surface area (Å²) in [5.74, 6) is 0.773. The van der Waals surface area contributed by atoms with Crippen LogP contribution in [0.3, 0.4) is 0 Å². The van der Waals surface area contributed by atoms with Gasteiger partial charge in [-0.25, -0.2) is 0 Å². The number of halogens is 1. The molecule has 1 aliphatic heterocycles. The van der Waals surface area contributed by atoms with Gasteiger partial charge in [0.05, 0.1) is 13.5 Å². The van der Waals surface area contributed by atoms with Gasteiger partial charge in [-0.15, -0.1) is 0 Å². The molecule has 18 heavy (non-hydrogen) atoms. The summed E-state index contributed by atoms with van der Waals surface area (Å²) in [6.45, 7) is 1.39. The number of ether oxygens (including phenoxy) is 1. The third kappa shape index (κ3) is 2.94. The summed E-state index contributed by atoms with van der Waals surface area (Å²) < 4.78 is 5.07. The van der Waals surface area contributed by atoms with Crippen LogP contribution in [0.15, 0.2) is 18.2 Å². The third-order valence-electron chi connectivity index (χ3n) is 3.18. The smallest absolute Gasteiger partial charge is 0.227 e. The Morgan fingerprint density at radius 2 is 2.39 bits per heavy atom. The highest BCUT2D eigenvalue weighted by Gasteiger charge is 2.23. The van der Waals surface area contributed by atoms with E-state index >= 15 is 0 Å². The molecule has 1 saturated heterocycles. The van der Waals surface area contributed by atoms with E-state index < -0.39 is 0 Å². The highest BCUT2D eigenvalue weighted by atomic mass is 35.5. The van der Waals surface area contributed by atoms with Crippen LogP contribution < -0.4 is 10.5 Å².